The van der Waals surface area contributed by atoms with Gasteiger partial charge in [0.05, 0.1) is 24.2 Å². The first-order valence-electron chi connectivity index (χ1n) is 7.50. The number of aliphatic carboxylic acids is 1. The van der Waals surface area contributed by atoms with Crippen molar-refractivity contribution in [3.63, 3.8) is 0 Å². The molecule has 1 saturated heterocycles. The van der Waals surface area contributed by atoms with E-state index in [1.807, 2.05) is 23.0 Å². The minimum Gasteiger partial charge on any atom is -0.481 e. The number of aromatic amines is 1. The number of nitrogens with one attached hydrogen (secondary N) is 1. The van der Waals surface area contributed by atoms with Crippen molar-refractivity contribution in [1.29, 1.82) is 0 Å². The average molecular weight is 330 g/mol. The zero-order valence-corrected chi connectivity index (χ0v) is 13.1. The molecule has 0 spiro atoms. The lowest BCUT2D eigenvalue weighted by Crippen LogP contribution is -2.23. The summed E-state index contributed by atoms with van der Waals surface area (Å²) in [6.07, 6.45) is 9.57. The molecule has 1 aliphatic rings. The molecule has 0 bridgehead atoms. The number of anilines is 1. The molecule has 1 fully saturated rings. The molecular formula is C15H18N6O3. The van der Waals surface area contributed by atoms with E-state index in [1.54, 1.807) is 12.4 Å². The van der Waals surface area contributed by atoms with E-state index in [4.69, 9.17) is 9.90 Å². The summed E-state index contributed by atoms with van der Waals surface area (Å²) in [5, 5.41) is 23.9. The van der Waals surface area contributed by atoms with Gasteiger partial charge in [-0.2, -0.15) is 5.10 Å². The van der Waals surface area contributed by atoms with Gasteiger partial charge in [0, 0.05) is 44.2 Å². The number of hydrogen-bond donors (Lipinski definition) is 3. The summed E-state index contributed by atoms with van der Waals surface area (Å²) in [5.41, 5.74) is 2.76. The van der Waals surface area contributed by atoms with Gasteiger partial charge in [-0.05, 0) is 6.42 Å². The minimum absolute atomic E-state index is 0.277. The number of aliphatic hydroxyl groups excluding tert-OH is 1. The molecule has 0 aliphatic carbocycles. The Morgan fingerprint density at radius 2 is 2.17 bits per heavy atom. The summed E-state index contributed by atoms with van der Waals surface area (Å²) in [6.45, 7) is 2.50. The number of imidazole rings is 1. The Kier molecular flexibility index (Phi) is 4.43. The molecule has 0 radical (unpaired) electrons. The van der Waals surface area contributed by atoms with Crippen molar-refractivity contribution in [2.75, 3.05) is 18.0 Å². The lowest BCUT2D eigenvalue weighted by molar-refractivity contribution is -0.134. The number of β-amino-alcohol motifs (C(OH)–C–C–N with tert-alkyl or cyclic N) is 1. The Bertz CT molecular complexity index is 825. The maximum Gasteiger partial charge on any atom is 0.300 e. The van der Waals surface area contributed by atoms with Gasteiger partial charge in [0.25, 0.3) is 5.97 Å². The Hall–Kier alpha value is -2.94. The number of nitrogens with zero attached hydrogens (tertiary/aromatic N) is 5. The van der Waals surface area contributed by atoms with Gasteiger partial charge in [-0.25, -0.2) is 9.97 Å². The molecule has 1 aliphatic heterocycles. The van der Waals surface area contributed by atoms with Crippen LogP contribution in [0.3, 0.4) is 0 Å². The number of carboxylic acids is 1. The van der Waals surface area contributed by atoms with E-state index in [9.17, 15) is 5.11 Å². The first-order chi connectivity index (χ1) is 11.6. The molecule has 0 amide bonds. The van der Waals surface area contributed by atoms with Crippen LogP contribution >= 0.6 is 0 Å². The van der Waals surface area contributed by atoms with Gasteiger partial charge < -0.3 is 15.1 Å². The van der Waals surface area contributed by atoms with Crippen LogP contribution in [0.1, 0.15) is 13.3 Å². The Labute approximate surface area is 137 Å². The molecule has 3 aromatic rings. The number of aromatic nitrogens is 5. The van der Waals surface area contributed by atoms with E-state index in [0.29, 0.717) is 6.54 Å². The van der Waals surface area contributed by atoms with E-state index in [2.05, 4.69) is 25.1 Å². The van der Waals surface area contributed by atoms with Gasteiger partial charge in [-0.3, -0.25) is 14.3 Å². The summed E-state index contributed by atoms with van der Waals surface area (Å²) in [6, 6.07) is 0. The van der Waals surface area contributed by atoms with Crippen LogP contribution in [-0.4, -0.2) is 59.9 Å². The van der Waals surface area contributed by atoms with Crippen LogP contribution in [0.5, 0.6) is 0 Å². The van der Waals surface area contributed by atoms with Crippen molar-refractivity contribution in [2.24, 2.45) is 0 Å². The highest BCUT2D eigenvalue weighted by atomic mass is 16.4. The van der Waals surface area contributed by atoms with Crippen molar-refractivity contribution in [3.8, 4) is 11.3 Å². The third-order valence-electron chi connectivity index (χ3n) is 3.67. The van der Waals surface area contributed by atoms with Gasteiger partial charge >= 0.3 is 0 Å². The summed E-state index contributed by atoms with van der Waals surface area (Å²) in [5.74, 6) is -0.0150. The van der Waals surface area contributed by atoms with Crippen LogP contribution in [0.2, 0.25) is 0 Å². The van der Waals surface area contributed by atoms with E-state index in [1.165, 1.54) is 0 Å². The molecular weight excluding hydrogens is 312 g/mol. The van der Waals surface area contributed by atoms with Crippen molar-refractivity contribution in [3.05, 3.63) is 31.0 Å². The van der Waals surface area contributed by atoms with E-state index in [0.717, 1.165) is 42.6 Å². The first-order valence-corrected chi connectivity index (χ1v) is 7.50. The van der Waals surface area contributed by atoms with E-state index in [-0.39, 0.29) is 6.10 Å². The monoisotopic (exact) mass is 330 g/mol. The third kappa shape index (κ3) is 3.20. The third-order valence-corrected chi connectivity index (χ3v) is 3.67. The van der Waals surface area contributed by atoms with E-state index >= 15 is 0 Å². The lowest BCUT2D eigenvalue weighted by Gasteiger charge is -2.16. The lowest BCUT2D eigenvalue weighted by atomic mass is 10.3. The Morgan fingerprint density at radius 3 is 2.79 bits per heavy atom. The van der Waals surface area contributed by atoms with E-state index < -0.39 is 5.97 Å². The number of carbonyl (C=O) groups is 1. The topological polar surface area (TPSA) is 120 Å². The number of carboxylic acid groups (broad SMARTS) is 1. The summed E-state index contributed by atoms with van der Waals surface area (Å²) in [7, 11) is 0. The van der Waals surface area contributed by atoms with Crippen molar-refractivity contribution < 1.29 is 15.0 Å². The number of aliphatic hydroxyl groups is 1. The molecule has 0 saturated carbocycles. The molecule has 4 rings (SSSR count). The van der Waals surface area contributed by atoms with Gasteiger partial charge in [-0.15, -0.1) is 0 Å². The van der Waals surface area contributed by atoms with Crippen molar-refractivity contribution in [1.82, 2.24) is 24.6 Å². The second-order valence-corrected chi connectivity index (χ2v) is 5.48. The molecule has 24 heavy (non-hydrogen) atoms. The average Bonchev–Trinajstić information content (AvgIpc) is 3.25. The second kappa shape index (κ2) is 6.67. The number of hydrogen-bond acceptors (Lipinski definition) is 6. The van der Waals surface area contributed by atoms with Crippen molar-refractivity contribution >= 4 is 17.4 Å². The molecule has 9 heteroatoms. The van der Waals surface area contributed by atoms with Gasteiger partial charge in [0.1, 0.15) is 0 Å². The molecule has 1 unspecified atom stereocenters. The van der Waals surface area contributed by atoms with Gasteiger partial charge in [0.2, 0.25) is 0 Å². The molecule has 3 N–H and O–H groups in total. The number of fused-ring (bicyclic) bond motifs is 1. The number of H-pyrrole nitrogens is 1. The fourth-order valence-electron chi connectivity index (χ4n) is 2.67. The smallest absolute Gasteiger partial charge is 0.300 e. The predicted molar refractivity (Wildman–Crippen MR) is 86.7 cm³/mol. The molecule has 0 aromatic carbocycles. The Morgan fingerprint density at radius 1 is 1.38 bits per heavy atom. The normalized spacial score (nSPS) is 16.9. The molecule has 1 atom stereocenters. The minimum atomic E-state index is -0.833. The summed E-state index contributed by atoms with van der Waals surface area (Å²) in [4.78, 5) is 20.0. The number of rotatable bonds is 2. The second-order valence-electron chi connectivity index (χ2n) is 5.48. The van der Waals surface area contributed by atoms with Gasteiger partial charge in [0.15, 0.2) is 11.5 Å². The fourth-order valence-corrected chi connectivity index (χ4v) is 2.67. The quantitative estimate of drug-likeness (QED) is 0.635. The molecule has 3 aromatic heterocycles. The van der Waals surface area contributed by atoms with Crippen molar-refractivity contribution in [2.45, 2.75) is 19.4 Å². The Balaban J connectivity index is 0.000000383. The van der Waals surface area contributed by atoms with Crippen LogP contribution < -0.4 is 4.90 Å². The molecule has 4 heterocycles. The van der Waals surface area contributed by atoms with Crippen LogP contribution in [0.4, 0.5) is 5.82 Å². The zero-order valence-electron chi connectivity index (χ0n) is 13.1. The summed E-state index contributed by atoms with van der Waals surface area (Å²) < 4.78 is 2.00. The standard InChI is InChI=1S/C13H14N6O.C2H4O2/c20-10-1-3-18(8-10)12-13-15-7-11(9-5-16-17-6-9)19(13)4-2-14-12;1-2(3)4/h2,4-7,10,20H,1,3,8H2,(H,16,17);1H3,(H,3,4). The SMILES string of the molecule is CC(=O)O.OC1CCN(c2nccn3c(-c4cn[nH]c4)cnc23)C1. The van der Waals surface area contributed by atoms with Gasteiger partial charge in [-0.1, -0.05) is 0 Å². The zero-order chi connectivity index (χ0) is 17.1. The maximum absolute atomic E-state index is 9.68. The molecule has 126 valence electrons. The highest BCUT2D eigenvalue weighted by Gasteiger charge is 2.24. The first kappa shape index (κ1) is 15.9. The largest absolute Gasteiger partial charge is 0.481 e. The highest BCUT2D eigenvalue weighted by molar-refractivity contribution is 5.71. The van der Waals surface area contributed by atoms with Crippen LogP contribution in [0.15, 0.2) is 31.0 Å². The highest BCUT2D eigenvalue weighted by Crippen LogP contribution is 2.26. The van der Waals surface area contributed by atoms with Crippen LogP contribution in [-0.2, 0) is 4.79 Å². The predicted octanol–water partition coefficient (Wildman–Crippen LogP) is 0.781. The van der Waals surface area contributed by atoms with Crippen LogP contribution in [0, 0.1) is 0 Å². The van der Waals surface area contributed by atoms with Crippen LogP contribution in [0.25, 0.3) is 16.9 Å². The molecule has 9 nitrogen and oxygen atoms in total. The summed E-state index contributed by atoms with van der Waals surface area (Å²) >= 11 is 0. The fraction of sp³-hybridized carbons (Fsp3) is 0.333. The maximum atomic E-state index is 9.68.